The van der Waals surface area contributed by atoms with Gasteiger partial charge in [-0.1, -0.05) is 72.4 Å². The molecule has 0 fully saturated rings. The Bertz CT molecular complexity index is 1140. The third-order valence-corrected chi connectivity index (χ3v) is 5.10. The maximum Gasteiger partial charge on any atom is 0.176 e. The quantitative estimate of drug-likeness (QED) is 0.424. The van der Waals surface area contributed by atoms with Crippen LogP contribution in [0.25, 0.3) is 22.8 Å². The molecule has 0 amide bonds. The van der Waals surface area contributed by atoms with Gasteiger partial charge in [0.15, 0.2) is 10.8 Å². The fourth-order valence-electron chi connectivity index (χ4n) is 2.87. The molecule has 0 bridgehead atoms. The number of nitrogens with one attached hydrogen (secondary N) is 1. The molecule has 0 saturated carbocycles. The van der Waals surface area contributed by atoms with Gasteiger partial charge in [-0.25, -0.2) is 4.98 Å². The second-order valence-corrected chi connectivity index (χ2v) is 7.03. The molecule has 0 saturated heterocycles. The standard InChI is InChI=1S/C21H19N5S/c1-25-20-18(15-23-25)19(22)26(17-12-6-3-7-13-17)21(24-20)27-14-8-11-16-9-4-2-5-10-16/h2-13,15,22H,14H2,1H3/b11-8+,22-19?. The molecule has 0 aliphatic heterocycles. The van der Waals surface area contributed by atoms with Crippen molar-refractivity contribution in [1.29, 1.82) is 5.41 Å². The number of hydrogen-bond acceptors (Lipinski definition) is 4. The molecule has 4 rings (SSSR count). The van der Waals surface area contributed by atoms with Crippen LogP contribution >= 0.6 is 11.8 Å². The van der Waals surface area contributed by atoms with Crippen LogP contribution in [0.4, 0.5) is 0 Å². The predicted molar refractivity (Wildman–Crippen MR) is 110 cm³/mol. The molecule has 27 heavy (non-hydrogen) atoms. The second kappa shape index (κ2) is 7.63. The molecule has 1 N–H and O–H groups in total. The van der Waals surface area contributed by atoms with Crippen LogP contribution in [0.5, 0.6) is 0 Å². The fraction of sp³-hybridized carbons (Fsp3) is 0.0952. The number of fused-ring (bicyclic) bond motifs is 1. The van der Waals surface area contributed by atoms with Crippen LogP contribution in [0.3, 0.4) is 0 Å². The zero-order chi connectivity index (χ0) is 18.6. The number of aryl methyl sites for hydroxylation is 1. The first-order valence-electron chi connectivity index (χ1n) is 8.63. The number of rotatable bonds is 5. The third kappa shape index (κ3) is 3.57. The highest BCUT2D eigenvalue weighted by Crippen LogP contribution is 2.21. The summed E-state index contributed by atoms with van der Waals surface area (Å²) >= 11 is 1.61. The van der Waals surface area contributed by atoms with Crippen molar-refractivity contribution in [3.8, 4) is 5.69 Å². The van der Waals surface area contributed by atoms with E-state index in [1.54, 1.807) is 22.6 Å². The summed E-state index contributed by atoms with van der Waals surface area (Å²) < 4.78 is 3.59. The number of nitrogens with zero attached hydrogens (tertiary/aromatic N) is 4. The highest BCUT2D eigenvalue weighted by molar-refractivity contribution is 7.99. The molecule has 2 aromatic heterocycles. The Balaban J connectivity index is 1.71. The van der Waals surface area contributed by atoms with Gasteiger partial charge in [-0.05, 0) is 17.7 Å². The van der Waals surface area contributed by atoms with Crippen molar-refractivity contribution in [1.82, 2.24) is 19.3 Å². The monoisotopic (exact) mass is 373 g/mol. The minimum absolute atomic E-state index is 0.397. The molecule has 134 valence electrons. The van der Waals surface area contributed by atoms with Crippen LogP contribution in [-0.4, -0.2) is 25.1 Å². The molecule has 5 nitrogen and oxygen atoms in total. The Labute approximate surface area is 161 Å². The first-order chi connectivity index (χ1) is 13.2. The van der Waals surface area contributed by atoms with Crippen molar-refractivity contribution >= 4 is 28.9 Å². The summed E-state index contributed by atoms with van der Waals surface area (Å²) in [6.07, 6.45) is 5.92. The van der Waals surface area contributed by atoms with Gasteiger partial charge in [-0.3, -0.25) is 14.7 Å². The number of aromatic nitrogens is 4. The van der Waals surface area contributed by atoms with Crippen LogP contribution in [0.2, 0.25) is 0 Å². The summed E-state index contributed by atoms with van der Waals surface area (Å²) in [5.74, 6) is 0.761. The van der Waals surface area contributed by atoms with Crippen LogP contribution in [-0.2, 0) is 7.05 Å². The molecule has 6 heteroatoms. The van der Waals surface area contributed by atoms with Crippen molar-refractivity contribution in [2.24, 2.45) is 7.05 Å². The summed E-state index contributed by atoms with van der Waals surface area (Å²) in [4.78, 5) is 4.79. The maximum atomic E-state index is 8.68. The minimum atomic E-state index is 0.397. The van der Waals surface area contributed by atoms with Crippen molar-refractivity contribution in [2.75, 3.05) is 5.75 Å². The smallest absolute Gasteiger partial charge is 0.176 e. The molecular weight excluding hydrogens is 354 g/mol. The van der Waals surface area contributed by atoms with Gasteiger partial charge in [0.1, 0.15) is 5.49 Å². The van der Waals surface area contributed by atoms with Gasteiger partial charge in [0.25, 0.3) is 0 Å². The minimum Gasteiger partial charge on any atom is -0.283 e. The predicted octanol–water partition coefficient (Wildman–Crippen LogP) is 4.04. The molecule has 0 aliphatic rings. The Morgan fingerprint density at radius 1 is 1.04 bits per heavy atom. The third-order valence-electron chi connectivity index (χ3n) is 4.21. The van der Waals surface area contributed by atoms with E-state index >= 15 is 0 Å². The molecule has 0 spiro atoms. The van der Waals surface area contributed by atoms with Gasteiger partial charge in [0, 0.05) is 18.5 Å². The van der Waals surface area contributed by atoms with E-state index in [9.17, 15) is 0 Å². The number of benzene rings is 2. The lowest BCUT2D eigenvalue weighted by Gasteiger charge is -2.13. The van der Waals surface area contributed by atoms with Gasteiger partial charge < -0.3 is 0 Å². The molecule has 2 aromatic carbocycles. The largest absolute Gasteiger partial charge is 0.283 e. The summed E-state index contributed by atoms with van der Waals surface area (Å²) in [5.41, 5.74) is 3.22. The summed E-state index contributed by atoms with van der Waals surface area (Å²) in [6.45, 7) is 0. The molecule has 2 heterocycles. The Kier molecular flexibility index (Phi) is 4.89. The lowest BCUT2D eigenvalue weighted by Crippen LogP contribution is -2.22. The van der Waals surface area contributed by atoms with Crippen molar-refractivity contribution in [3.63, 3.8) is 0 Å². The molecule has 4 aromatic rings. The van der Waals surface area contributed by atoms with E-state index in [0.717, 1.165) is 27.6 Å². The Morgan fingerprint density at radius 3 is 2.48 bits per heavy atom. The fourth-order valence-corrected chi connectivity index (χ4v) is 3.69. The van der Waals surface area contributed by atoms with Gasteiger partial charge in [0.2, 0.25) is 0 Å². The summed E-state index contributed by atoms with van der Waals surface area (Å²) in [5, 5.41) is 14.5. The average Bonchev–Trinajstić information content (AvgIpc) is 3.08. The molecular formula is C21H19N5S. The molecule has 0 aliphatic carbocycles. The SMILES string of the molecule is Cn1ncc2c(=N)n(-c3ccccc3)c(SC/C=C/c3ccccc3)nc21. The van der Waals surface area contributed by atoms with Crippen molar-refractivity contribution in [2.45, 2.75) is 5.16 Å². The van der Waals surface area contributed by atoms with Gasteiger partial charge >= 0.3 is 0 Å². The molecule has 0 radical (unpaired) electrons. The van der Waals surface area contributed by atoms with E-state index in [1.165, 1.54) is 5.56 Å². The van der Waals surface area contributed by atoms with Crippen LogP contribution < -0.4 is 5.49 Å². The van der Waals surface area contributed by atoms with E-state index in [2.05, 4.69) is 29.4 Å². The summed E-state index contributed by atoms with van der Waals surface area (Å²) in [6, 6.07) is 20.1. The zero-order valence-electron chi connectivity index (χ0n) is 14.9. The highest BCUT2D eigenvalue weighted by atomic mass is 32.2. The Morgan fingerprint density at radius 2 is 1.74 bits per heavy atom. The number of hydrogen-bond donors (Lipinski definition) is 1. The van der Waals surface area contributed by atoms with Crippen molar-refractivity contribution < 1.29 is 0 Å². The van der Waals surface area contributed by atoms with Crippen LogP contribution in [0, 0.1) is 5.41 Å². The number of para-hydroxylation sites is 1. The van der Waals surface area contributed by atoms with E-state index in [1.807, 2.05) is 60.1 Å². The maximum absolute atomic E-state index is 8.68. The zero-order valence-corrected chi connectivity index (χ0v) is 15.7. The van der Waals surface area contributed by atoms with Crippen LogP contribution in [0.15, 0.2) is 78.1 Å². The topological polar surface area (TPSA) is 59.5 Å². The number of thioether (sulfide) groups is 1. The average molecular weight is 373 g/mol. The highest BCUT2D eigenvalue weighted by Gasteiger charge is 2.13. The normalized spacial score (nSPS) is 11.4. The molecule has 0 atom stereocenters. The first-order valence-corrected chi connectivity index (χ1v) is 9.62. The summed E-state index contributed by atoms with van der Waals surface area (Å²) in [7, 11) is 1.85. The van der Waals surface area contributed by atoms with E-state index < -0.39 is 0 Å². The van der Waals surface area contributed by atoms with E-state index in [-0.39, 0.29) is 0 Å². The first kappa shape index (κ1) is 17.3. The lowest BCUT2D eigenvalue weighted by molar-refractivity contribution is 0.749. The lowest BCUT2D eigenvalue weighted by atomic mass is 10.2. The van der Waals surface area contributed by atoms with Gasteiger partial charge in [-0.15, -0.1) is 0 Å². The van der Waals surface area contributed by atoms with Gasteiger partial charge in [0.05, 0.1) is 11.6 Å². The second-order valence-electron chi connectivity index (χ2n) is 6.04. The van der Waals surface area contributed by atoms with Crippen molar-refractivity contribution in [3.05, 3.63) is 84.0 Å². The molecule has 0 unspecified atom stereocenters. The Hall–Kier alpha value is -3.12. The van der Waals surface area contributed by atoms with Gasteiger partial charge in [-0.2, -0.15) is 5.10 Å². The van der Waals surface area contributed by atoms with E-state index in [4.69, 9.17) is 10.4 Å². The van der Waals surface area contributed by atoms with Crippen LogP contribution in [0.1, 0.15) is 5.56 Å². The van der Waals surface area contributed by atoms with E-state index in [0.29, 0.717) is 5.49 Å².